The van der Waals surface area contributed by atoms with Gasteiger partial charge in [0.1, 0.15) is 5.75 Å². The number of nitriles is 1. The zero-order chi connectivity index (χ0) is 15.4. The molecule has 0 unspecified atom stereocenters. The highest BCUT2D eigenvalue weighted by Gasteiger charge is 2.19. The normalized spacial score (nSPS) is 10.7. The maximum atomic E-state index is 9.44. The number of aromatic nitrogens is 2. The Hall–Kier alpha value is -2.32. The van der Waals surface area contributed by atoms with Crippen LogP contribution in [0.1, 0.15) is 43.6 Å². The van der Waals surface area contributed by atoms with E-state index in [-0.39, 0.29) is 12.6 Å². The molecule has 1 aromatic carbocycles. The van der Waals surface area contributed by atoms with Gasteiger partial charge >= 0.3 is 0 Å². The van der Waals surface area contributed by atoms with Gasteiger partial charge in [0, 0.05) is 5.56 Å². The van der Waals surface area contributed by atoms with E-state index in [0.717, 1.165) is 12.0 Å². The lowest BCUT2D eigenvalue weighted by Crippen LogP contribution is -2.05. The standard InChI is InChI=1S/C16H19N3O2/c1-4-14-15(10-20)18-19(11(2)3)16(14)21-13-7-5-6-12(8-13)9-17/h5-8,11,20H,4,10H2,1-3H3. The molecule has 1 heterocycles. The van der Waals surface area contributed by atoms with Crippen molar-refractivity contribution in [2.45, 2.75) is 39.8 Å². The van der Waals surface area contributed by atoms with E-state index in [9.17, 15) is 5.11 Å². The van der Waals surface area contributed by atoms with E-state index in [1.165, 1.54) is 0 Å². The first-order valence-electron chi connectivity index (χ1n) is 6.99. The number of hydrogen-bond acceptors (Lipinski definition) is 4. The number of aliphatic hydroxyl groups is 1. The van der Waals surface area contributed by atoms with Crippen LogP contribution in [0.5, 0.6) is 11.6 Å². The molecular weight excluding hydrogens is 266 g/mol. The van der Waals surface area contributed by atoms with Gasteiger partial charge in [0.05, 0.1) is 30.0 Å². The number of rotatable bonds is 5. The predicted molar refractivity (Wildman–Crippen MR) is 79.1 cm³/mol. The van der Waals surface area contributed by atoms with Crippen LogP contribution in [-0.4, -0.2) is 14.9 Å². The lowest BCUT2D eigenvalue weighted by molar-refractivity contribution is 0.273. The Morgan fingerprint density at radius 1 is 1.43 bits per heavy atom. The van der Waals surface area contributed by atoms with Gasteiger partial charge in [0.15, 0.2) is 0 Å². The fourth-order valence-corrected chi connectivity index (χ4v) is 2.18. The third kappa shape index (κ3) is 3.06. The zero-order valence-electron chi connectivity index (χ0n) is 12.5. The molecule has 1 N–H and O–H groups in total. The smallest absolute Gasteiger partial charge is 0.221 e. The van der Waals surface area contributed by atoms with E-state index in [2.05, 4.69) is 11.2 Å². The minimum atomic E-state index is -0.114. The Bertz CT molecular complexity index is 669. The molecule has 0 amide bonds. The van der Waals surface area contributed by atoms with E-state index in [0.29, 0.717) is 22.9 Å². The van der Waals surface area contributed by atoms with E-state index >= 15 is 0 Å². The van der Waals surface area contributed by atoms with Gasteiger partial charge < -0.3 is 9.84 Å². The van der Waals surface area contributed by atoms with Crippen molar-refractivity contribution in [3.63, 3.8) is 0 Å². The molecule has 0 saturated carbocycles. The summed E-state index contributed by atoms with van der Waals surface area (Å²) in [4.78, 5) is 0. The van der Waals surface area contributed by atoms with Crippen LogP contribution in [0.2, 0.25) is 0 Å². The summed E-state index contributed by atoms with van der Waals surface area (Å²) >= 11 is 0. The van der Waals surface area contributed by atoms with Gasteiger partial charge in [-0.2, -0.15) is 10.4 Å². The zero-order valence-corrected chi connectivity index (χ0v) is 12.5. The molecule has 0 bridgehead atoms. The molecule has 0 atom stereocenters. The van der Waals surface area contributed by atoms with Gasteiger partial charge in [-0.3, -0.25) is 0 Å². The summed E-state index contributed by atoms with van der Waals surface area (Å²) < 4.78 is 7.72. The molecule has 0 aliphatic carbocycles. The Morgan fingerprint density at radius 3 is 2.76 bits per heavy atom. The Balaban J connectivity index is 2.46. The summed E-state index contributed by atoms with van der Waals surface area (Å²) in [5.41, 5.74) is 2.08. The van der Waals surface area contributed by atoms with Crippen LogP contribution in [0, 0.1) is 11.3 Å². The van der Waals surface area contributed by atoms with Crippen LogP contribution in [-0.2, 0) is 13.0 Å². The Morgan fingerprint density at radius 2 is 2.19 bits per heavy atom. The third-order valence-electron chi connectivity index (χ3n) is 3.21. The van der Waals surface area contributed by atoms with Gasteiger partial charge in [-0.05, 0) is 38.5 Å². The van der Waals surface area contributed by atoms with Crippen molar-refractivity contribution in [3.8, 4) is 17.7 Å². The largest absolute Gasteiger partial charge is 0.439 e. The molecule has 0 fully saturated rings. The molecule has 1 aromatic heterocycles. The van der Waals surface area contributed by atoms with Crippen molar-refractivity contribution in [2.24, 2.45) is 0 Å². The van der Waals surface area contributed by atoms with Crippen molar-refractivity contribution in [3.05, 3.63) is 41.1 Å². The highest BCUT2D eigenvalue weighted by molar-refractivity contribution is 5.40. The second kappa shape index (κ2) is 6.42. The van der Waals surface area contributed by atoms with Crippen LogP contribution in [0.15, 0.2) is 24.3 Å². The molecule has 0 aliphatic heterocycles. The second-order valence-electron chi connectivity index (χ2n) is 5.02. The Kier molecular flexibility index (Phi) is 4.61. The minimum absolute atomic E-state index is 0.114. The summed E-state index contributed by atoms with van der Waals surface area (Å²) in [5.74, 6) is 1.22. The second-order valence-corrected chi connectivity index (χ2v) is 5.02. The van der Waals surface area contributed by atoms with Crippen LogP contribution >= 0.6 is 0 Å². The fourth-order valence-electron chi connectivity index (χ4n) is 2.18. The molecule has 0 spiro atoms. The third-order valence-corrected chi connectivity index (χ3v) is 3.21. The van der Waals surface area contributed by atoms with E-state index in [1.807, 2.05) is 20.8 Å². The highest BCUT2D eigenvalue weighted by Crippen LogP contribution is 2.31. The molecular formula is C16H19N3O2. The Labute approximate surface area is 124 Å². The molecule has 0 saturated heterocycles. The van der Waals surface area contributed by atoms with Crippen molar-refractivity contribution in [1.29, 1.82) is 5.26 Å². The number of hydrogen-bond donors (Lipinski definition) is 1. The van der Waals surface area contributed by atoms with Crippen LogP contribution < -0.4 is 4.74 Å². The number of aliphatic hydroxyl groups excluding tert-OH is 1. The van der Waals surface area contributed by atoms with Crippen LogP contribution in [0.3, 0.4) is 0 Å². The van der Waals surface area contributed by atoms with Gasteiger partial charge in [-0.15, -0.1) is 0 Å². The van der Waals surface area contributed by atoms with E-state index in [4.69, 9.17) is 10.00 Å². The molecule has 2 rings (SSSR count). The van der Waals surface area contributed by atoms with Gasteiger partial charge in [0.2, 0.25) is 5.88 Å². The topological polar surface area (TPSA) is 71.1 Å². The van der Waals surface area contributed by atoms with E-state index < -0.39 is 0 Å². The van der Waals surface area contributed by atoms with Gasteiger partial charge in [0.25, 0.3) is 0 Å². The first-order chi connectivity index (χ1) is 10.1. The summed E-state index contributed by atoms with van der Waals surface area (Å²) in [6.45, 7) is 5.90. The van der Waals surface area contributed by atoms with Crippen molar-refractivity contribution in [1.82, 2.24) is 9.78 Å². The average Bonchev–Trinajstić information content (AvgIpc) is 2.85. The summed E-state index contributed by atoms with van der Waals surface area (Å²) in [6.07, 6.45) is 0.718. The number of benzene rings is 1. The maximum absolute atomic E-state index is 9.44. The predicted octanol–water partition coefficient (Wildman–Crippen LogP) is 3.18. The van der Waals surface area contributed by atoms with Crippen LogP contribution in [0.4, 0.5) is 0 Å². The van der Waals surface area contributed by atoms with Crippen LogP contribution in [0.25, 0.3) is 0 Å². The number of ether oxygens (including phenoxy) is 1. The van der Waals surface area contributed by atoms with Gasteiger partial charge in [-0.25, -0.2) is 4.68 Å². The number of nitrogens with zero attached hydrogens (tertiary/aromatic N) is 3. The van der Waals surface area contributed by atoms with Crippen molar-refractivity contribution >= 4 is 0 Å². The average molecular weight is 285 g/mol. The summed E-state index contributed by atoms with van der Waals surface area (Å²) in [5, 5.41) is 22.8. The molecule has 2 aromatic rings. The molecule has 0 aliphatic rings. The van der Waals surface area contributed by atoms with Crippen molar-refractivity contribution < 1.29 is 9.84 Å². The molecule has 5 nitrogen and oxygen atoms in total. The minimum Gasteiger partial charge on any atom is -0.439 e. The first-order valence-corrected chi connectivity index (χ1v) is 6.99. The quantitative estimate of drug-likeness (QED) is 0.915. The summed E-state index contributed by atoms with van der Waals surface area (Å²) in [6, 6.07) is 9.21. The highest BCUT2D eigenvalue weighted by atomic mass is 16.5. The molecule has 21 heavy (non-hydrogen) atoms. The molecule has 5 heteroatoms. The van der Waals surface area contributed by atoms with Gasteiger partial charge in [-0.1, -0.05) is 13.0 Å². The van der Waals surface area contributed by atoms with Crippen molar-refractivity contribution in [2.75, 3.05) is 0 Å². The SMILES string of the molecule is CCc1c(CO)nn(C(C)C)c1Oc1cccc(C#N)c1. The molecule has 110 valence electrons. The maximum Gasteiger partial charge on any atom is 0.221 e. The monoisotopic (exact) mass is 285 g/mol. The molecule has 0 radical (unpaired) electrons. The fraction of sp³-hybridized carbons (Fsp3) is 0.375. The van der Waals surface area contributed by atoms with E-state index in [1.54, 1.807) is 28.9 Å². The lowest BCUT2D eigenvalue weighted by atomic mass is 10.2. The lowest BCUT2D eigenvalue weighted by Gasteiger charge is -2.13. The summed E-state index contributed by atoms with van der Waals surface area (Å²) in [7, 11) is 0. The first kappa shape index (κ1) is 15.1.